The smallest absolute Gasteiger partial charge is 0.269 e. The van der Waals surface area contributed by atoms with E-state index in [1.54, 1.807) is 11.7 Å². The lowest BCUT2D eigenvalue weighted by atomic mass is 10.0. The van der Waals surface area contributed by atoms with Crippen LogP contribution in [0.5, 0.6) is 0 Å². The molecule has 3 aromatic rings. The van der Waals surface area contributed by atoms with Crippen molar-refractivity contribution >= 4 is 38.5 Å². The molecule has 0 amide bonds. The number of anilines is 1. The minimum absolute atomic E-state index is 0.0775. The first kappa shape index (κ1) is 18.2. The largest absolute Gasteiger partial charge is 0.394 e. The van der Waals surface area contributed by atoms with Gasteiger partial charge in [-0.2, -0.15) is 5.10 Å². The first-order valence-electron chi connectivity index (χ1n) is 7.55. The molecule has 3 rings (SSSR count). The average molecular weight is 423 g/mol. The van der Waals surface area contributed by atoms with Gasteiger partial charge in [-0.25, -0.2) is 14.6 Å². The molecular formula is C15H15BrN6O4. The summed E-state index contributed by atoms with van der Waals surface area (Å²) in [6, 6.07) is 4.70. The van der Waals surface area contributed by atoms with Crippen LogP contribution in [-0.4, -0.2) is 47.5 Å². The molecule has 0 aliphatic carbocycles. The number of fused-ring (bicyclic) bond motifs is 1. The van der Waals surface area contributed by atoms with Crippen molar-refractivity contribution in [2.45, 2.75) is 12.1 Å². The van der Waals surface area contributed by atoms with Crippen molar-refractivity contribution in [2.24, 2.45) is 7.05 Å². The summed E-state index contributed by atoms with van der Waals surface area (Å²) in [5.74, 6) is 0.398. The number of hydrogen-bond donors (Lipinski definition) is 3. The number of aryl methyl sites for hydroxylation is 1. The van der Waals surface area contributed by atoms with Gasteiger partial charge in [0.1, 0.15) is 22.9 Å². The molecule has 0 bridgehead atoms. The fourth-order valence-electron chi connectivity index (χ4n) is 2.58. The number of nitrogens with one attached hydrogen (secondary N) is 1. The lowest BCUT2D eigenvalue weighted by Crippen LogP contribution is -2.31. The molecule has 0 saturated heterocycles. The van der Waals surface area contributed by atoms with Crippen molar-refractivity contribution < 1.29 is 15.1 Å². The quantitative estimate of drug-likeness (QED) is 0.401. The Balaban J connectivity index is 1.89. The Labute approximate surface area is 155 Å². The molecule has 0 aliphatic heterocycles. The third kappa shape index (κ3) is 3.36. The third-order valence-corrected chi connectivity index (χ3v) is 4.48. The van der Waals surface area contributed by atoms with Gasteiger partial charge in [0.25, 0.3) is 5.69 Å². The zero-order chi connectivity index (χ0) is 18.8. The summed E-state index contributed by atoms with van der Waals surface area (Å²) < 4.78 is 2.10. The second kappa shape index (κ2) is 7.32. The minimum atomic E-state index is -1.11. The highest BCUT2D eigenvalue weighted by Gasteiger charge is 2.23. The summed E-state index contributed by atoms with van der Waals surface area (Å²) in [5, 5.41) is 38.8. The zero-order valence-electron chi connectivity index (χ0n) is 13.6. The minimum Gasteiger partial charge on any atom is -0.394 e. The Bertz CT molecular complexity index is 945. The van der Waals surface area contributed by atoms with Crippen LogP contribution in [0.25, 0.3) is 11.0 Å². The molecule has 0 aliphatic rings. The number of non-ortho nitro benzene ring substituents is 1. The summed E-state index contributed by atoms with van der Waals surface area (Å²) in [6.07, 6.45) is 0.243. The Morgan fingerprint density at radius 2 is 2.04 bits per heavy atom. The van der Waals surface area contributed by atoms with E-state index in [4.69, 9.17) is 0 Å². The number of halogens is 1. The van der Waals surface area contributed by atoms with E-state index in [9.17, 15) is 20.3 Å². The van der Waals surface area contributed by atoms with E-state index in [1.165, 1.54) is 30.6 Å². The number of aromatic nitrogens is 4. The molecule has 26 heavy (non-hydrogen) atoms. The predicted octanol–water partition coefficient (Wildman–Crippen LogP) is 1.54. The summed E-state index contributed by atoms with van der Waals surface area (Å²) in [5.41, 5.74) is 0.930. The summed E-state index contributed by atoms with van der Waals surface area (Å²) in [6.45, 7) is -0.387. The third-order valence-electron chi connectivity index (χ3n) is 3.92. The van der Waals surface area contributed by atoms with Crippen LogP contribution in [0, 0.1) is 10.1 Å². The van der Waals surface area contributed by atoms with Crippen molar-refractivity contribution in [3.63, 3.8) is 0 Å². The second-order valence-corrected chi connectivity index (χ2v) is 6.31. The fourth-order valence-corrected chi connectivity index (χ4v) is 3.18. The number of aliphatic hydroxyl groups excluding tert-OH is 2. The lowest BCUT2D eigenvalue weighted by Gasteiger charge is -2.23. The lowest BCUT2D eigenvalue weighted by molar-refractivity contribution is -0.384. The molecule has 2 atom stereocenters. The van der Waals surface area contributed by atoms with Gasteiger partial charge in [-0.1, -0.05) is 0 Å². The standard InChI is InChI=1S/C15H15BrN6O4/c1-21-15-11(13(16)20-21)14(17-7-18-15)19-10(6-23)12(24)8-2-4-9(5-3-8)22(25)26/h2-5,7,10,12,23-24H,6H2,1H3,(H,17,18,19). The summed E-state index contributed by atoms with van der Waals surface area (Å²) >= 11 is 3.34. The van der Waals surface area contributed by atoms with Crippen molar-refractivity contribution in [3.8, 4) is 0 Å². The molecule has 3 N–H and O–H groups in total. The van der Waals surface area contributed by atoms with Gasteiger partial charge >= 0.3 is 0 Å². The number of nitro groups is 1. The van der Waals surface area contributed by atoms with Crippen molar-refractivity contribution in [2.75, 3.05) is 11.9 Å². The molecular weight excluding hydrogens is 408 g/mol. The first-order valence-corrected chi connectivity index (χ1v) is 8.34. The van der Waals surface area contributed by atoms with Gasteiger partial charge in [0.05, 0.1) is 23.0 Å². The monoisotopic (exact) mass is 422 g/mol. The Morgan fingerprint density at radius 3 is 2.65 bits per heavy atom. The van der Waals surface area contributed by atoms with Crippen LogP contribution in [-0.2, 0) is 7.05 Å². The van der Waals surface area contributed by atoms with Crippen LogP contribution in [0.4, 0.5) is 11.5 Å². The van der Waals surface area contributed by atoms with Crippen molar-refractivity contribution in [1.82, 2.24) is 19.7 Å². The molecule has 2 heterocycles. The molecule has 2 aromatic heterocycles. The summed E-state index contributed by atoms with van der Waals surface area (Å²) in [4.78, 5) is 18.5. The zero-order valence-corrected chi connectivity index (χ0v) is 15.2. The highest BCUT2D eigenvalue weighted by molar-refractivity contribution is 9.10. The maximum atomic E-state index is 10.7. The van der Waals surface area contributed by atoms with E-state index in [0.29, 0.717) is 27.0 Å². The van der Waals surface area contributed by atoms with Crippen LogP contribution in [0.15, 0.2) is 35.2 Å². The molecule has 10 nitrogen and oxygen atoms in total. The molecule has 136 valence electrons. The van der Waals surface area contributed by atoms with Crippen LogP contribution in [0.3, 0.4) is 0 Å². The SMILES string of the molecule is Cn1nc(Br)c2c(NC(CO)C(O)c3ccc([N+](=O)[O-])cc3)ncnc21. The highest BCUT2D eigenvalue weighted by Crippen LogP contribution is 2.29. The second-order valence-electron chi connectivity index (χ2n) is 5.56. The maximum Gasteiger partial charge on any atom is 0.269 e. The molecule has 1 aromatic carbocycles. The van der Waals surface area contributed by atoms with Gasteiger partial charge in [-0.3, -0.25) is 10.1 Å². The van der Waals surface area contributed by atoms with E-state index < -0.39 is 17.1 Å². The molecule has 11 heteroatoms. The van der Waals surface area contributed by atoms with E-state index >= 15 is 0 Å². The van der Waals surface area contributed by atoms with Crippen LogP contribution >= 0.6 is 15.9 Å². The first-order chi connectivity index (χ1) is 12.4. The number of nitro benzene ring substituents is 1. The molecule has 0 radical (unpaired) electrons. The van der Waals surface area contributed by atoms with E-state index in [1.807, 2.05) is 0 Å². The normalized spacial score (nSPS) is 13.5. The van der Waals surface area contributed by atoms with E-state index in [-0.39, 0.29) is 12.3 Å². The highest BCUT2D eigenvalue weighted by atomic mass is 79.9. The van der Waals surface area contributed by atoms with Gasteiger partial charge in [0.2, 0.25) is 0 Å². The van der Waals surface area contributed by atoms with E-state index in [2.05, 4.69) is 36.3 Å². The van der Waals surface area contributed by atoms with Gasteiger partial charge in [0.15, 0.2) is 5.65 Å². The average Bonchev–Trinajstić information content (AvgIpc) is 2.94. The van der Waals surface area contributed by atoms with Crippen LogP contribution in [0.1, 0.15) is 11.7 Å². The number of hydrogen-bond acceptors (Lipinski definition) is 8. The van der Waals surface area contributed by atoms with Gasteiger partial charge < -0.3 is 15.5 Å². The molecule has 0 spiro atoms. The Kier molecular flexibility index (Phi) is 5.11. The van der Waals surface area contributed by atoms with Crippen molar-refractivity contribution in [3.05, 3.63) is 50.9 Å². The van der Waals surface area contributed by atoms with Gasteiger partial charge in [-0.05, 0) is 33.6 Å². The van der Waals surface area contributed by atoms with Gasteiger partial charge in [0, 0.05) is 19.2 Å². The van der Waals surface area contributed by atoms with E-state index in [0.717, 1.165) is 0 Å². The number of rotatable bonds is 6. The van der Waals surface area contributed by atoms with Crippen LogP contribution in [0.2, 0.25) is 0 Å². The topological polar surface area (TPSA) is 139 Å². The number of aliphatic hydroxyl groups is 2. The maximum absolute atomic E-state index is 10.7. The Morgan fingerprint density at radius 1 is 1.35 bits per heavy atom. The van der Waals surface area contributed by atoms with Crippen molar-refractivity contribution in [1.29, 1.82) is 0 Å². The Hall–Kier alpha value is -2.63. The molecule has 0 saturated carbocycles. The number of nitrogens with zero attached hydrogens (tertiary/aromatic N) is 5. The predicted molar refractivity (Wildman–Crippen MR) is 96.6 cm³/mol. The van der Waals surface area contributed by atoms with Gasteiger partial charge in [-0.15, -0.1) is 0 Å². The number of benzene rings is 1. The fraction of sp³-hybridized carbons (Fsp3) is 0.267. The summed E-state index contributed by atoms with van der Waals surface area (Å²) in [7, 11) is 1.74. The molecule has 0 fully saturated rings. The molecule has 2 unspecified atom stereocenters. The van der Waals surface area contributed by atoms with Crippen LogP contribution < -0.4 is 5.32 Å².